The number of ether oxygens (including phenoxy) is 1. The van der Waals surface area contributed by atoms with Gasteiger partial charge in [0.05, 0.1) is 0 Å². The van der Waals surface area contributed by atoms with Crippen LogP contribution >= 0.6 is 0 Å². The second-order valence-electron chi connectivity index (χ2n) is 9.77. The van der Waals surface area contributed by atoms with Crippen LogP contribution in [-0.4, -0.2) is 31.4 Å². The van der Waals surface area contributed by atoms with Gasteiger partial charge in [-0.05, 0) is 79.4 Å². The minimum atomic E-state index is 0.453. The van der Waals surface area contributed by atoms with Crippen molar-refractivity contribution in [3.05, 3.63) is 65.7 Å². The molecule has 152 valence electrons. The highest BCUT2D eigenvalue weighted by atomic mass is 16.5. The van der Waals surface area contributed by atoms with E-state index in [0.717, 1.165) is 34.8 Å². The molecule has 0 radical (unpaired) electrons. The fourth-order valence-electron chi connectivity index (χ4n) is 6.56. The van der Waals surface area contributed by atoms with E-state index < -0.39 is 0 Å². The first-order valence-corrected chi connectivity index (χ1v) is 11.1. The van der Waals surface area contributed by atoms with Gasteiger partial charge >= 0.3 is 0 Å². The number of hydrogen-bond donors (Lipinski definition) is 0. The quantitative estimate of drug-likeness (QED) is 0.482. The maximum Gasteiger partial charge on any atom is 0.133 e. The lowest BCUT2D eigenvalue weighted by atomic mass is 9.48. The van der Waals surface area contributed by atoms with Gasteiger partial charge in [0.25, 0.3) is 0 Å². The molecule has 29 heavy (non-hydrogen) atoms. The Kier molecular flexibility index (Phi) is 4.85. The van der Waals surface area contributed by atoms with Gasteiger partial charge < -0.3 is 9.75 Å². The largest absolute Gasteiger partial charge is 0.487 e. The van der Waals surface area contributed by atoms with Gasteiger partial charge in [0.2, 0.25) is 0 Å². The van der Waals surface area contributed by atoms with Crippen LogP contribution in [0.4, 0.5) is 0 Å². The summed E-state index contributed by atoms with van der Waals surface area (Å²) in [6, 6.07) is 19.3. The van der Waals surface area contributed by atoms with Crippen LogP contribution in [0.5, 0.6) is 5.75 Å². The monoisotopic (exact) mass is 388 g/mol. The van der Waals surface area contributed by atoms with Crippen molar-refractivity contribution in [2.75, 3.05) is 20.7 Å². The molecule has 0 N–H and O–H groups in total. The predicted molar refractivity (Wildman–Crippen MR) is 118 cm³/mol. The molecule has 4 aliphatic rings. The number of hydrazone groups is 1. The van der Waals surface area contributed by atoms with Crippen molar-refractivity contribution in [1.82, 2.24) is 5.01 Å². The summed E-state index contributed by atoms with van der Waals surface area (Å²) in [5.41, 5.74) is 4.05. The van der Waals surface area contributed by atoms with Crippen LogP contribution < -0.4 is 4.74 Å². The van der Waals surface area contributed by atoms with Crippen molar-refractivity contribution < 1.29 is 4.74 Å². The Morgan fingerprint density at radius 2 is 1.48 bits per heavy atom. The van der Waals surface area contributed by atoms with E-state index in [1.54, 1.807) is 5.56 Å². The zero-order valence-corrected chi connectivity index (χ0v) is 17.7. The molecule has 0 atom stereocenters. The summed E-state index contributed by atoms with van der Waals surface area (Å²) in [7, 11) is 3.90. The first-order valence-electron chi connectivity index (χ1n) is 11.1. The molecule has 3 nitrogen and oxygen atoms in total. The van der Waals surface area contributed by atoms with E-state index in [1.807, 2.05) is 37.3 Å². The Labute approximate surface area is 174 Å². The lowest BCUT2D eigenvalue weighted by Crippen LogP contribution is -2.48. The SMILES string of the molecule is CN(C)/N=C(/COc1ccc(C23CC4CC(CC(C4)C2)C3)cc1)c1ccccc1. The van der Waals surface area contributed by atoms with Crippen molar-refractivity contribution in [2.24, 2.45) is 22.9 Å². The minimum Gasteiger partial charge on any atom is -0.487 e. The van der Waals surface area contributed by atoms with E-state index in [4.69, 9.17) is 4.74 Å². The van der Waals surface area contributed by atoms with Crippen LogP contribution in [-0.2, 0) is 5.41 Å². The smallest absolute Gasteiger partial charge is 0.133 e. The van der Waals surface area contributed by atoms with E-state index >= 15 is 0 Å². The highest BCUT2D eigenvalue weighted by molar-refractivity contribution is 6.01. The van der Waals surface area contributed by atoms with Crippen LogP contribution in [0.15, 0.2) is 59.7 Å². The highest BCUT2D eigenvalue weighted by Crippen LogP contribution is 2.60. The van der Waals surface area contributed by atoms with Crippen molar-refractivity contribution in [3.63, 3.8) is 0 Å². The van der Waals surface area contributed by atoms with E-state index in [-0.39, 0.29) is 0 Å². The molecule has 0 saturated heterocycles. The number of rotatable bonds is 6. The molecule has 4 bridgehead atoms. The number of hydrogen-bond acceptors (Lipinski definition) is 3. The van der Waals surface area contributed by atoms with Crippen molar-refractivity contribution in [3.8, 4) is 5.75 Å². The Hall–Kier alpha value is -2.29. The maximum absolute atomic E-state index is 6.14. The molecular formula is C26H32N2O. The summed E-state index contributed by atoms with van der Waals surface area (Å²) in [4.78, 5) is 0. The fourth-order valence-corrected chi connectivity index (χ4v) is 6.56. The van der Waals surface area contributed by atoms with Gasteiger partial charge in [-0.3, -0.25) is 0 Å². The second kappa shape index (κ2) is 7.51. The third kappa shape index (κ3) is 3.80. The summed E-state index contributed by atoms with van der Waals surface area (Å²) in [6.45, 7) is 0.471. The van der Waals surface area contributed by atoms with Gasteiger partial charge in [-0.25, -0.2) is 0 Å². The normalized spacial score (nSPS) is 30.4. The Morgan fingerprint density at radius 1 is 0.897 bits per heavy atom. The average Bonchev–Trinajstić information content (AvgIpc) is 2.71. The lowest BCUT2D eigenvalue weighted by Gasteiger charge is -2.57. The van der Waals surface area contributed by atoms with Gasteiger partial charge in [-0.15, -0.1) is 0 Å². The Balaban J connectivity index is 1.30. The van der Waals surface area contributed by atoms with Crippen molar-refractivity contribution >= 4 is 5.71 Å². The van der Waals surface area contributed by atoms with E-state index in [2.05, 4.69) is 41.5 Å². The summed E-state index contributed by atoms with van der Waals surface area (Å²) < 4.78 is 6.14. The lowest BCUT2D eigenvalue weighted by molar-refractivity contribution is -0.00520. The predicted octanol–water partition coefficient (Wildman–Crippen LogP) is 5.50. The number of benzene rings is 2. The van der Waals surface area contributed by atoms with Gasteiger partial charge in [0.15, 0.2) is 0 Å². The third-order valence-electron chi connectivity index (χ3n) is 7.31. The molecule has 4 saturated carbocycles. The van der Waals surface area contributed by atoms with Gasteiger partial charge in [0, 0.05) is 19.7 Å². The van der Waals surface area contributed by atoms with Crippen LogP contribution in [0.25, 0.3) is 0 Å². The molecule has 0 aromatic heterocycles. The van der Waals surface area contributed by atoms with Crippen molar-refractivity contribution in [2.45, 2.75) is 43.9 Å². The molecule has 0 amide bonds. The molecule has 3 heteroatoms. The van der Waals surface area contributed by atoms with Crippen LogP contribution in [0.3, 0.4) is 0 Å². The summed E-state index contributed by atoms with van der Waals surface area (Å²) in [5.74, 6) is 3.87. The van der Waals surface area contributed by atoms with Gasteiger partial charge in [-0.1, -0.05) is 42.5 Å². The Bertz CT molecular complexity index is 834. The first-order chi connectivity index (χ1) is 14.1. The van der Waals surface area contributed by atoms with E-state index in [0.29, 0.717) is 12.0 Å². The summed E-state index contributed by atoms with van der Waals surface area (Å²) in [6.07, 6.45) is 8.71. The summed E-state index contributed by atoms with van der Waals surface area (Å²) in [5, 5.41) is 6.47. The Morgan fingerprint density at radius 3 is 2.03 bits per heavy atom. The zero-order chi connectivity index (χ0) is 19.8. The molecule has 6 rings (SSSR count). The van der Waals surface area contributed by atoms with E-state index in [1.165, 1.54) is 38.5 Å². The topological polar surface area (TPSA) is 24.8 Å². The molecule has 2 aromatic rings. The van der Waals surface area contributed by atoms with Gasteiger partial charge in [-0.2, -0.15) is 5.10 Å². The molecule has 0 aliphatic heterocycles. The molecule has 4 aliphatic carbocycles. The van der Waals surface area contributed by atoms with Crippen LogP contribution in [0, 0.1) is 17.8 Å². The highest BCUT2D eigenvalue weighted by Gasteiger charge is 2.51. The standard InChI is InChI=1S/C26H32N2O/c1-28(2)27-25(22-6-4-3-5-7-22)18-29-24-10-8-23(9-11-24)26-15-19-12-20(16-26)14-21(13-19)17-26/h3-11,19-21H,12-18H2,1-2H3/b27-25-. The van der Waals surface area contributed by atoms with Crippen molar-refractivity contribution in [1.29, 1.82) is 0 Å². The average molecular weight is 389 g/mol. The molecule has 0 spiro atoms. The van der Waals surface area contributed by atoms with Crippen LogP contribution in [0.2, 0.25) is 0 Å². The molecule has 2 aromatic carbocycles. The molecule has 0 heterocycles. The van der Waals surface area contributed by atoms with E-state index in [9.17, 15) is 0 Å². The minimum absolute atomic E-state index is 0.453. The second-order valence-corrected chi connectivity index (χ2v) is 9.77. The van der Waals surface area contributed by atoms with Crippen LogP contribution in [0.1, 0.15) is 49.7 Å². The van der Waals surface area contributed by atoms with Gasteiger partial charge in [0.1, 0.15) is 18.1 Å². The maximum atomic E-state index is 6.14. The third-order valence-corrected chi connectivity index (χ3v) is 7.31. The molecular weight excluding hydrogens is 356 g/mol. The number of nitrogens with zero attached hydrogens (tertiary/aromatic N) is 2. The first kappa shape index (κ1) is 18.7. The fraction of sp³-hybridized carbons (Fsp3) is 0.500. The summed E-state index contributed by atoms with van der Waals surface area (Å²) >= 11 is 0. The zero-order valence-electron chi connectivity index (χ0n) is 17.7. The molecule has 4 fully saturated rings. The molecule has 0 unspecified atom stereocenters.